The van der Waals surface area contributed by atoms with Crippen LogP contribution in [0.4, 0.5) is 5.69 Å². The molecule has 32 heavy (non-hydrogen) atoms. The van der Waals surface area contributed by atoms with Gasteiger partial charge < -0.3 is 20.7 Å². The van der Waals surface area contributed by atoms with Crippen molar-refractivity contribution in [2.24, 2.45) is 5.92 Å². The maximum Gasteiger partial charge on any atom is 0.313 e. The third-order valence-corrected chi connectivity index (χ3v) is 5.33. The second kappa shape index (κ2) is 13.1. The van der Waals surface area contributed by atoms with Gasteiger partial charge in [-0.3, -0.25) is 14.4 Å². The van der Waals surface area contributed by atoms with Crippen molar-refractivity contribution in [3.8, 4) is 5.75 Å². The molecule has 0 bridgehead atoms. The fourth-order valence-corrected chi connectivity index (χ4v) is 3.25. The van der Waals surface area contributed by atoms with E-state index in [-0.39, 0.29) is 17.2 Å². The Morgan fingerprint density at radius 3 is 2.31 bits per heavy atom. The maximum atomic E-state index is 12.7. The number of anilines is 1. The normalized spacial score (nSPS) is 11.3. The molecule has 3 amide bonds. The number of unbranched alkanes of at least 4 members (excludes halogenated alkanes) is 1. The number of hydrogen-bond acceptors (Lipinski definition) is 4. The summed E-state index contributed by atoms with van der Waals surface area (Å²) in [6.45, 7) is 4.99. The van der Waals surface area contributed by atoms with Crippen molar-refractivity contribution in [3.63, 3.8) is 0 Å². The first-order valence-electron chi connectivity index (χ1n) is 11.1. The van der Waals surface area contributed by atoms with Crippen LogP contribution in [0.25, 0.3) is 0 Å². The Kier molecular flexibility index (Phi) is 10.2. The average Bonchev–Trinajstić information content (AvgIpc) is 2.83. The van der Waals surface area contributed by atoms with E-state index in [1.807, 2.05) is 24.3 Å². The van der Waals surface area contributed by atoms with E-state index in [1.165, 1.54) is 0 Å². The number of carbonyl (C=O) groups is 3. The molecule has 0 radical (unpaired) electrons. The number of carbonyl (C=O) groups excluding carboxylic acids is 3. The first kappa shape index (κ1) is 24.9. The lowest BCUT2D eigenvalue weighted by Gasteiger charge is -2.15. The Bertz CT molecular complexity index is 896. The molecule has 0 spiro atoms. The van der Waals surface area contributed by atoms with Gasteiger partial charge in [0.2, 0.25) is 0 Å². The Hall–Kier alpha value is -3.35. The van der Waals surface area contributed by atoms with Crippen LogP contribution in [-0.2, 0) is 16.1 Å². The third kappa shape index (κ3) is 7.72. The molecule has 2 aromatic rings. The van der Waals surface area contributed by atoms with Gasteiger partial charge in [0.05, 0.1) is 18.4 Å². The van der Waals surface area contributed by atoms with Gasteiger partial charge in [-0.05, 0) is 42.2 Å². The number of benzene rings is 2. The lowest BCUT2D eigenvalue weighted by molar-refractivity contribution is -0.136. The van der Waals surface area contributed by atoms with Crippen molar-refractivity contribution < 1.29 is 19.1 Å². The summed E-state index contributed by atoms with van der Waals surface area (Å²) in [6, 6.07) is 14.0. The lowest BCUT2D eigenvalue weighted by atomic mass is 9.99. The highest BCUT2D eigenvalue weighted by molar-refractivity contribution is 6.40. The maximum absolute atomic E-state index is 12.7. The monoisotopic (exact) mass is 439 g/mol. The summed E-state index contributed by atoms with van der Waals surface area (Å²) in [5.41, 5.74) is 1.49. The number of amides is 3. The molecule has 0 fully saturated rings. The summed E-state index contributed by atoms with van der Waals surface area (Å²) in [5.74, 6) is -0.744. The molecule has 0 heterocycles. The molecule has 0 unspecified atom stereocenters. The van der Waals surface area contributed by atoms with Crippen LogP contribution >= 0.6 is 0 Å². The van der Waals surface area contributed by atoms with E-state index in [0.29, 0.717) is 19.0 Å². The molecule has 1 atom stereocenters. The van der Waals surface area contributed by atoms with Gasteiger partial charge >= 0.3 is 11.8 Å². The summed E-state index contributed by atoms with van der Waals surface area (Å²) < 4.78 is 5.13. The van der Waals surface area contributed by atoms with E-state index in [4.69, 9.17) is 4.74 Å². The molecular formula is C25H33N3O4. The van der Waals surface area contributed by atoms with Crippen LogP contribution in [0.5, 0.6) is 5.75 Å². The zero-order valence-electron chi connectivity index (χ0n) is 19.1. The van der Waals surface area contributed by atoms with Crippen molar-refractivity contribution in [3.05, 3.63) is 59.7 Å². The lowest BCUT2D eigenvalue weighted by Crippen LogP contribution is -2.38. The smallest absolute Gasteiger partial charge is 0.313 e. The minimum absolute atomic E-state index is 0.288. The zero-order chi connectivity index (χ0) is 23.3. The number of hydrogen-bond donors (Lipinski definition) is 3. The second-order valence-electron chi connectivity index (χ2n) is 7.66. The highest BCUT2D eigenvalue weighted by atomic mass is 16.5. The van der Waals surface area contributed by atoms with Gasteiger partial charge in [-0.15, -0.1) is 0 Å². The van der Waals surface area contributed by atoms with Gasteiger partial charge in [-0.2, -0.15) is 0 Å². The quantitative estimate of drug-likeness (QED) is 0.463. The van der Waals surface area contributed by atoms with Crippen molar-refractivity contribution in [1.29, 1.82) is 0 Å². The molecule has 3 N–H and O–H groups in total. The summed E-state index contributed by atoms with van der Waals surface area (Å²) >= 11 is 0. The van der Waals surface area contributed by atoms with Gasteiger partial charge in [0, 0.05) is 13.1 Å². The first-order valence-corrected chi connectivity index (χ1v) is 11.1. The molecule has 7 nitrogen and oxygen atoms in total. The standard InChI is InChI=1S/C25H33N3O4/c1-4-6-9-18(5-2)16-27-24(30)25(31)28-22-11-8-7-10-21(22)23(29)26-17-19-12-14-20(32-3)15-13-19/h7-8,10-15,18H,4-6,9,16-17H2,1-3H3,(H,26,29)(H,27,30)(H,28,31)/t18-/m0/s1. The van der Waals surface area contributed by atoms with Gasteiger partial charge in [0.15, 0.2) is 0 Å². The van der Waals surface area contributed by atoms with Crippen LogP contribution in [0.3, 0.4) is 0 Å². The predicted molar refractivity (Wildman–Crippen MR) is 126 cm³/mol. The molecule has 0 aromatic heterocycles. The van der Waals surface area contributed by atoms with Crippen LogP contribution in [0.2, 0.25) is 0 Å². The second-order valence-corrected chi connectivity index (χ2v) is 7.66. The van der Waals surface area contributed by atoms with Crippen molar-refractivity contribution >= 4 is 23.4 Å². The van der Waals surface area contributed by atoms with Crippen molar-refractivity contribution in [2.75, 3.05) is 19.0 Å². The SMILES string of the molecule is CCCC[C@H](CC)CNC(=O)C(=O)Nc1ccccc1C(=O)NCc1ccc(OC)cc1. The van der Waals surface area contributed by atoms with Gasteiger partial charge in [-0.1, -0.05) is 57.4 Å². The summed E-state index contributed by atoms with van der Waals surface area (Å²) in [4.78, 5) is 37.3. The van der Waals surface area contributed by atoms with Crippen LogP contribution in [-0.4, -0.2) is 31.4 Å². The molecule has 7 heteroatoms. The molecule has 0 aliphatic rings. The van der Waals surface area contributed by atoms with E-state index >= 15 is 0 Å². The molecular weight excluding hydrogens is 406 g/mol. The Morgan fingerprint density at radius 1 is 0.938 bits per heavy atom. The number of para-hydroxylation sites is 1. The number of ether oxygens (including phenoxy) is 1. The largest absolute Gasteiger partial charge is 0.497 e. The van der Waals surface area contributed by atoms with E-state index in [1.54, 1.807) is 31.4 Å². The summed E-state index contributed by atoms with van der Waals surface area (Å²) in [5, 5.41) is 8.10. The fraction of sp³-hybridized carbons (Fsp3) is 0.400. The Labute approximate surface area is 189 Å². The molecule has 0 aliphatic carbocycles. The van der Waals surface area contributed by atoms with Crippen molar-refractivity contribution in [2.45, 2.75) is 46.1 Å². The predicted octanol–water partition coefficient (Wildman–Crippen LogP) is 3.90. The minimum Gasteiger partial charge on any atom is -0.497 e. The summed E-state index contributed by atoms with van der Waals surface area (Å²) in [7, 11) is 1.59. The highest BCUT2D eigenvalue weighted by Crippen LogP contribution is 2.16. The zero-order valence-corrected chi connectivity index (χ0v) is 19.1. The minimum atomic E-state index is -0.786. The first-order chi connectivity index (χ1) is 15.5. The van der Waals surface area contributed by atoms with Crippen molar-refractivity contribution in [1.82, 2.24) is 10.6 Å². The average molecular weight is 440 g/mol. The number of nitrogens with one attached hydrogen (secondary N) is 3. The molecule has 0 aliphatic heterocycles. The number of rotatable bonds is 11. The topological polar surface area (TPSA) is 96.5 Å². The van der Waals surface area contributed by atoms with E-state index in [2.05, 4.69) is 29.8 Å². The van der Waals surface area contributed by atoms with E-state index < -0.39 is 11.8 Å². The molecule has 2 aromatic carbocycles. The Balaban J connectivity index is 1.94. The van der Waals surface area contributed by atoms with Gasteiger partial charge in [0.1, 0.15) is 5.75 Å². The summed E-state index contributed by atoms with van der Waals surface area (Å²) in [6.07, 6.45) is 4.16. The number of methoxy groups -OCH3 is 1. The Morgan fingerprint density at radius 2 is 1.66 bits per heavy atom. The molecule has 0 saturated heterocycles. The molecule has 0 saturated carbocycles. The van der Waals surface area contributed by atoms with Crippen LogP contribution in [0.1, 0.15) is 55.5 Å². The van der Waals surface area contributed by atoms with Crippen LogP contribution < -0.4 is 20.7 Å². The highest BCUT2D eigenvalue weighted by Gasteiger charge is 2.18. The van der Waals surface area contributed by atoms with E-state index in [9.17, 15) is 14.4 Å². The van der Waals surface area contributed by atoms with E-state index in [0.717, 1.165) is 37.0 Å². The van der Waals surface area contributed by atoms with Gasteiger partial charge in [0.25, 0.3) is 5.91 Å². The van der Waals surface area contributed by atoms with Crippen LogP contribution in [0, 0.1) is 5.92 Å². The fourth-order valence-electron chi connectivity index (χ4n) is 3.25. The molecule has 172 valence electrons. The van der Waals surface area contributed by atoms with Crippen LogP contribution in [0.15, 0.2) is 48.5 Å². The third-order valence-electron chi connectivity index (χ3n) is 5.33. The molecule has 2 rings (SSSR count). The van der Waals surface area contributed by atoms with Gasteiger partial charge in [-0.25, -0.2) is 0 Å².